The Morgan fingerprint density at radius 3 is 2.22 bits per heavy atom. The van der Waals surface area contributed by atoms with Gasteiger partial charge in [0.25, 0.3) is 0 Å². The van der Waals surface area contributed by atoms with Crippen LogP contribution < -0.4 is 11.1 Å². The summed E-state index contributed by atoms with van der Waals surface area (Å²) in [6.45, 7) is 0. The van der Waals surface area contributed by atoms with Crippen LogP contribution in [0.15, 0.2) is 30.3 Å². The molecule has 0 unspecified atom stereocenters. The molecule has 3 N–H and O–H groups in total. The zero-order valence-corrected chi connectivity index (χ0v) is 9.34. The summed E-state index contributed by atoms with van der Waals surface area (Å²) in [5.74, 6) is 0. The summed E-state index contributed by atoms with van der Waals surface area (Å²) in [6.07, 6.45) is 1.24. The average molecular weight is 242 g/mol. The number of benzene rings is 2. The van der Waals surface area contributed by atoms with Gasteiger partial charge in [0.05, 0.1) is 5.69 Å². The molecule has 0 bridgehead atoms. The standard InChI is InChI=1S/C13H10N2O3/c14-13(18)15-12-9(7-17)5-8(6-16)10-3-1-2-4-11(10)12/h1-7H,(H3,14,15,18). The van der Waals surface area contributed by atoms with Gasteiger partial charge in [-0.25, -0.2) is 4.79 Å². The molecule has 0 aromatic heterocycles. The molecule has 0 atom stereocenters. The van der Waals surface area contributed by atoms with Crippen LogP contribution in [0.4, 0.5) is 10.5 Å². The average Bonchev–Trinajstić information content (AvgIpc) is 2.38. The van der Waals surface area contributed by atoms with Crippen LogP contribution in [-0.2, 0) is 0 Å². The third kappa shape index (κ3) is 1.93. The molecule has 90 valence electrons. The highest BCUT2D eigenvalue weighted by molar-refractivity contribution is 6.12. The van der Waals surface area contributed by atoms with Crippen LogP contribution in [0.3, 0.4) is 0 Å². The topological polar surface area (TPSA) is 89.3 Å². The van der Waals surface area contributed by atoms with E-state index in [9.17, 15) is 14.4 Å². The minimum absolute atomic E-state index is 0.217. The van der Waals surface area contributed by atoms with E-state index in [0.29, 0.717) is 34.6 Å². The number of amides is 2. The van der Waals surface area contributed by atoms with E-state index in [2.05, 4.69) is 5.32 Å². The highest BCUT2D eigenvalue weighted by atomic mass is 16.2. The molecule has 0 radical (unpaired) electrons. The summed E-state index contributed by atoms with van der Waals surface area (Å²) in [4.78, 5) is 33.0. The number of aldehydes is 2. The number of nitrogens with two attached hydrogens (primary N) is 1. The first-order chi connectivity index (χ1) is 8.67. The van der Waals surface area contributed by atoms with E-state index in [1.807, 2.05) is 0 Å². The summed E-state index contributed by atoms with van der Waals surface area (Å²) in [5, 5.41) is 3.66. The Hall–Kier alpha value is -2.69. The number of anilines is 1. The normalized spacial score (nSPS) is 10.0. The molecular formula is C13H10N2O3. The van der Waals surface area contributed by atoms with Crippen LogP contribution in [0, 0.1) is 0 Å². The second-order valence-electron chi connectivity index (χ2n) is 3.70. The van der Waals surface area contributed by atoms with Crippen LogP contribution in [0.2, 0.25) is 0 Å². The van der Waals surface area contributed by atoms with Crippen molar-refractivity contribution in [2.45, 2.75) is 0 Å². The summed E-state index contributed by atoms with van der Waals surface area (Å²) in [5.41, 5.74) is 6.00. The van der Waals surface area contributed by atoms with E-state index in [-0.39, 0.29) is 5.56 Å². The van der Waals surface area contributed by atoms with E-state index in [4.69, 9.17) is 5.73 Å². The number of hydrogen-bond acceptors (Lipinski definition) is 3. The van der Waals surface area contributed by atoms with Crippen molar-refractivity contribution in [3.8, 4) is 0 Å². The molecule has 5 nitrogen and oxygen atoms in total. The van der Waals surface area contributed by atoms with Crippen LogP contribution in [0.25, 0.3) is 10.8 Å². The lowest BCUT2D eigenvalue weighted by atomic mass is 9.99. The molecule has 2 aromatic rings. The van der Waals surface area contributed by atoms with Crippen molar-refractivity contribution >= 4 is 35.1 Å². The maximum atomic E-state index is 11.0. The van der Waals surface area contributed by atoms with Gasteiger partial charge in [0.15, 0.2) is 12.6 Å². The zero-order chi connectivity index (χ0) is 13.1. The van der Waals surface area contributed by atoms with Gasteiger partial charge in [-0.15, -0.1) is 0 Å². The van der Waals surface area contributed by atoms with Gasteiger partial charge in [-0.2, -0.15) is 0 Å². The van der Waals surface area contributed by atoms with E-state index >= 15 is 0 Å². The van der Waals surface area contributed by atoms with E-state index in [1.165, 1.54) is 6.07 Å². The third-order valence-electron chi connectivity index (χ3n) is 2.61. The van der Waals surface area contributed by atoms with Gasteiger partial charge in [-0.05, 0) is 11.5 Å². The molecule has 0 aliphatic rings. The lowest BCUT2D eigenvalue weighted by molar-refractivity contribution is 0.112. The predicted octanol–water partition coefficient (Wildman–Crippen LogP) is 1.96. The van der Waals surface area contributed by atoms with Gasteiger partial charge in [-0.1, -0.05) is 24.3 Å². The molecule has 18 heavy (non-hydrogen) atoms. The Labute approximate surface area is 103 Å². The Balaban J connectivity index is 2.84. The second kappa shape index (κ2) is 4.67. The Morgan fingerprint density at radius 1 is 1.06 bits per heavy atom. The van der Waals surface area contributed by atoms with Gasteiger partial charge in [-0.3, -0.25) is 9.59 Å². The molecule has 0 aliphatic heterocycles. The minimum atomic E-state index is -0.762. The molecule has 0 aliphatic carbocycles. The van der Waals surface area contributed by atoms with Crippen LogP contribution >= 0.6 is 0 Å². The van der Waals surface area contributed by atoms with Gasteiger partial charge >= 0.3 is 6.03 Å². The van der Waals surface area contributed by atoms with Crippen molar-refractivity contribution in [1.29, 1.82) is 0 Å². The Kier molecular flexibility index (Phi) is 3.05. The maximum absolute atomic E-state index is 11.0. The van der Waals surface area contributed by atoms with Gasteiger partial charge in [0.2, 0.25) is 0 Å². The fraction of sp³-hybridized carbons (Fsp3) is 0. The summed E-state index contributed by atoms with van der Waals surface area (Å²) < 4.78 is 0. The first-order valence-electron chi connectivity index (χ1n) is 5.20. The fourth-order valence-corrected chi connectivity index (χ4v) is 1.88. The van der Waals surface area contributed by atoms with Crippen molar-refractivity contribution in [3.63, 3.8) is 0 Å². The summed E-state index contributed by atoms with van der Waals surface area (Å²) >= 11 is 0. The third-order valence-corrected chi connectivity index (χ3v) is 2.61. The highest BCUT2D eigenvalue weighted by Gasteiger charge is 2.12. The molecule has 0 heterocycles. The van der Waals surface area contributed by atoms with Gasteiger partial charge in [0.1, 0.15) is 0 Å². The number of rotatable bonds is 3. The quantitative estimate of drug-likeness (QED) is 0.806. The van der Waals surface area contributed by atoms with Crippen molar-refractivity contribution in [2.75, 3.05) is 5.32 Å². The second-order valence-corrected chi connectivity index (χ2v) is 3.70. The highest BCUT2D eigenvalue weighted by Crippen LogP contribution is 2.29. The Bertz CT molecular complexity index is 650. The molecule has 0 spiro atoms. The predicted molar refractivity (Wildman–Crippen MR) is 67.9 cm³/mol. The smallest absolute Gasteiger partial charge is 0.316 e. The minimum Gasteiger partial charge on any atom is -0.351 e. The molecule has 0 fully saturated rings. The molecule has 5 heteroatoms. The molecule has 0 saturated carbocycles. The SMILES string of the molecule is NC(=O)Nc1c(C=O)cc(C=O)c2ccccc12. The van der Waals surface area contributed by atoms with Crippen LogP contribution in [0.1, 0.15) is 20.7 Å². The number of carbonyl (C=O) groups is 3. The monoisotopic (exact) mass is 242 g/mol. The number of hydrogen-bond donors (Lipinski definition) is 2. The molecule has 2 aromatic carbocycles. The summed E-state index contributed by atoms with van der Waals surface area (Å²) in [7, 11) is 0. The first kappa shape index (κ1) is 11.8. The first-order valence-corrected chi connectivity index (χ1v) is 5.20. The zero-order valence-electron chi connectivity index (χ0n) is 9.34. The number of fused-ring (bicyclic) bond motifs is 1. The largest absolute Gasteiger partial charge is 0.351 e. The molecule has 2 rings (SSSR count). The van der Waals surface area contributed by atoms with Crippen molar-refractivity contribution in [3.05, 3.63) is 41.5 Å². The van der Waals surface area contributed by atoms with Crippen molar-refractivity contribution in [1.82, 2.24) is 0 Å². The lowest BCUT2D eigenvalue weighted by Crippen LogP contribution is -2.20. The number of primary amides is 1. The molecular weight excluding hydrogens is 232 g/mol. The van der Waals surface area contributed by atoms with Gasteiger partial charge < -0.3 is 11.1 Å². The number of urea groups is 1. The number of nitrogens with one attached hydrogen (secondary N) is 1. The maximum Gasteiger partial charge on any atom is 0.316 e. The van der Waals surface area contributed by atoms with Gasteiger partial charge in [0, 0.05) is 16.5 Å². The van der Waals surface area contributed by atoms with E-state index in [0.717, 1.165) is 0 Å². The van der Waals surface area contributed by atoms with E-state index < -0.39 is 6.03 Å². The number of carbonyl (C=O) groups excluding carboxylic acids is 3. The Morgan fingerprint density at radius 2 is 1.67 bits per heavy atom. The lowest BCUT2D eigenvalue weighted by Gasteiger charge is -2.11. The van der Waals surface area contributed by atoms with Crippen LogP contribution in [0.5, 0.6) is 0 Å². The van der Waals surface area contributed by atoms with Crippen molar-refractivity contribution in [2.24, 2.45) is 5.73 Å². The molecule has 0 saturated heterocycles. The van der Waals surface area contributed by atoms with E-state index in [1.54, 1.807) is 24.3 Å². The fourth-order valence-electron chi connectivity index (χ4n) is 1.88. The van der Waals surface area contributed by atoms with Crippen molar-refractivity contribution < 1.29 is 14.4 Å². The van der Waals surface area contributed by atoms with Crippen LogP contribution in [-0.4, -0.2) is 18.6 Å². The summed E-state index contributed by atoms with van der Waals surface area (Å²) in [6, 6.07) is 7.62. The molecule has 2 amide bonds.